The van der Waals surface area contributed by atoms with Crippen LogP contribution in [0, 0.1) is 23.7 Å². The minimum Gasteiger partial charge on any atom is -0.366 e. The van der Waals surface area contributed by atoms with Crippen molar-refractivity contribution < 1.29 is 4.79 Å². The van der Waals surface area contributed by atoms with Gasteiger partial charge in [0.15, 0.2) is 0 Å². The van der Waals surface area contributed by atoms with E-state index in [1.807, 2.05) is 25.1 Å². The van der Waals surface area contributed by atoms with Gasteiger partial charge in [-0.1, -0.05) is 32.9 Å². The first-order chi connectivity index (χ1) is 13.2. The van der Waals surface area contributed by atoms with Crippen LogP contribution in [0.25, 0.3) is 0 Å². The van der Waals surface area contributed by atoms with Crippen molar-refractivity contribution in [1.29, 1.82) is 5.26 Å². The first kappa shape index (κ1) is 19.9. The number of anilines is 2. The number of aryl methyl sites for hydroxylation is 2. The van der Waals surface area contributed by atoms with Gasteiger partial charge in [0.2, 0.25) is 5.91 Å². The summed E-state index contributed by atoms with van der Waals surface area (Å²) >= 11 is 0. The van der Waals surface area contributed by atoms with Gasteiger partial charge in [-0.2, -0.15) is 5.26 Å². The number of benzene rings is 1. The molecule has 1 aromatic carbocycles. The first-order valence-electron chi connectivity index (χ1n) is 9.79. The summed E-state index contributed by atoms with van der Waals surface area (Å²) in [4.78, 5) is 19.4. The lowest BCUT2D eigenvalue weighted by Crippen LogP contribution is -2.30. The number of pyridine rings is 1. The van der Waals surface area contributed by atoms with E-state index < -0.39 is 0 Å². The van der Waals surface area contributed by atoms with Crippen molar-refractivity contribution in [2.24, 2.45) is 5.41 Å². The van der Waals surface area contributed by atoms with E-state index in [2.05, 4.69) is 49.2 Å². The quantitative estimate of drug-likeness (QED) is 0.847. The summed E-state index contributed by atoms with van der Waals surface area (Å²) in [5.74, 6) is 0.672. The SMILES string of the molecule is Cc1cc2c(nc1NC(=O)CC(C)(C)C)CCCN2Cc1cccc(C#N)c1. The van der Waals surface area contributed by atoms with E-state index in [9.17, 15) is 4.79 Å². The summed E-state index contributed by atoms with van der Waals surface area (Å²) in [7, 11) is 0. The number of carbonyl (C=O) groups is 1. The molecule has 0 atom stereocenters. The largest absolute Gasteiger partial charge is 0.366 e. The minimum absolute atomic E-state index is 0.00374. The van der Waals surface area contributed by atoms with Crippen LogP contribution in [0.5, 0.6) is 0 Å². The number of nitrogens with zero attached hydrogens (tertiary/aromatic N) is 3. The van der Waals surface area contributed by atoms with Gasteiger partial charge in [0, 0.05) is 19.5 Å². The Morgan fingerprint density at radius 1 is 1.32 bits per heavy atom. The van der Waals surface area contributed by atoms with Gasteiger partial charge in [-0.25, -0.2) is 4.98 Å². The van der Waals surface area contributed by atoms with Crippen LogP contribution >= 0.6 is 0 Å². The van der Waals surface area contributed by atoms with Gasteiger partial charge in [0.1, 0.15) is 5.82 Å². The molecule has 28 heavy (non-hydrogen) atoms. The Bertz CT molecular complexity index is 921. The molecule has 0 unspecified atom stereocenters. The van der Waals surface area contributed by atoms with Gasteiger partial charge >= 0.3 is 0 Å². The van der Waals surface area contributed by atoms with Gasteiger partial charge in [0.25, 0.3) is 0 Å². The molecule has 0 spiro atoms. The van der Waals surface area contributed by atoms with Gasteiger partial charge in [-0.15, -0.1) is 0 Å². The summed E-state index contributed by atoms with van der Waals surface area (Å²) in [5.41, 5.74) is 4.87. The minimum atomic E-state index is -0.0546. The van der Waals surface area contributed by atoms with E-state index in [1.54, 1.807) is 0 Å². The zero-order chi connectivity index (χ0) is 20.3. The van der Waals surface area contributed by atoms with Crippen molar-refractivity contribution >= 4 is 17.4 Å². The number of hydrogen-bond acceptors (Lipinski definition) is 4. The Kier molecular flexibility index (Phi) is 5.69. The molecule has 5 heteroatoms. The van der Waals surface area contributed by atoms with Crippen LogP contribution in [0.1, 0.15) is 56.0 Å². The fourth-order valence-electron chi connectivity index (χ4n) is 3.56. The maximum absolute atomic E-state index is 12.3. The van der Waals surface area contributed by atoms with Crippen molar-refractivity contribution in [3.05, 3.63) is 52.7 Å². The third-order valence-corrected chi connectivity index (χ3v) is 4.83. The lowest BCUT2D eigenvalue weighted by atomic mass is 9.92. The zero-order valence-corrected chi connectivity index (χ0v) is 17.2. The Labute approximate surface area is 167 Å². The molecule has 0 radical (unpaired) electrons. The Hall–Kier alpha value is -2.87. The van der Waals surface area contributed by atoms with Gasteiger partial charge in [-0.3, -0.25) is 4.79 Å². The number of aromatic nitrogens is 1. The van der Waals surface area contributed by atoms with Crippen molar-refractivity contribution in [2.45, 2.75) is 53.5 Å². The molecule has 2 heterocycles. The van der Waals surface area contributed by atoms with Crippen LogP contribution in [-0.4, -0.2) is 17.4 Å². The molecule has 1 aromatic heterocycles. The number of nitrogens with one attached hydrogen (secondary N) is 1. The van der Waals surface area contributed by atoms with Crippen LogP contribution in [-0.2, 0) is 17.8 Å². The number of rotatable bonds is 4. The van der Waals surface area contributed by atoms with Gasteiger partial charge in [-0.05, 0) is 54.5 Å². The van der Waals surface area contributed by atoms with Crippen molar-refractivity contribution in [1.82, 2.24) is 4.98 Å². The third-order valence-electron chi connectivity index (χ3n) is 4.83. The fraction of sp³-hybridized carbons (Fsp3) is 0.435. The standard InChI is InChI=1S/C23H28N4O/c1-16-11-20-19(25-22(16)26-21(28)13-23(2,3)4)9-6-10-27(20)15-18-8-5-7-17(12-18)14-24/h5,7-8,11-12H,6,9-10,13,15H2,1-4H3,(H,25,26,28). The first-order valence-corrected chi connectivity index (χ1v) is 9.79. The number of hydrogen-bond donors (Lipinski definition) is 1. The molecule has 0 fully saturated rings. The topological polar surface area (TPSA) is 69.0 Å². The molecule has 146 valence electrons. The average Bonchev–Trinajstić information content (AvgIpc) is 2.61. The normalized spacial score (nSPS) is 13.6. The number of fused-ring (bicyclic) bond motifs is 1. The average molecular weight is 377 g/mol. The lowest BCUT2D eigenvalue weighted by Gasteiger charge is -2.31. The van der Waals surface area contributed by atoms with E-state index in [-0.39, 0.29) is 11.3 Å². The molecule has 3 rings (SSSR count). The van der Waals surface area contributed by atoms with E-state index in [0.29, 0.717) is 17.8 Å². The summed E-state index contributed by atoms with van der Waals surface area (Å²) in [6, 6.07) is 12.1. The zero-order valence-electron chi connectivity index (χ0n) is 17.2. The molecule has 0 aliphatic carbocycles. The number of amides is 1. The van der Waals surface area contributed by atoms with Crippen LogP contribution in [0.2, 0.25) is 0 Å². The molecule has 0 bridgehead atoms. The third kappa shape index (κ3) is 4.89. The molecule has 5 nitrogen and oxygen atoms in total. The molecule has 0 saturated carbocycles. The lowest BCUT2D eigenvalue weighted by molar-refractivity contribution is -0.117. The van der Waals surface area contributed by atoms with Crippen LogP contribution < -0.4 is 10.2 Å². The second-order valence-corrected chi connectivity index (χ2v) is 8.74. The van der Waals surface area contributed by atoms with Crippen molar-refractivity contribution in [2.75, 3.05) is 16.8 Å². The van der Waals surface area contributed by atoms with E-state index >= 15 is 0 Å². The molecule has 1 aliphatic rings. The smallest absolute Gasteiger partial charge is 0.226 e. The Morgan fingerprint density at radius 3 is 2.82 bits per heavy atom. The highest BCUT2D eigenvalue weighted by molar-refractivity contribution is 5.91. The number of carbonyl (C=O) groups excluding carboxylic acids is 1. The highest BCUT2D eigenvalue weighted by Gasteiger charge is 2.22. The van der Waals surface area contributed by atoms with E-state index in [1.165, 1.54) is 0 Å². The van der Waals surface area contributed by atoms with Crippen LogP contribution in [0.3, 0.4) is 0 Å². The highest BCUT2D eigenvalue weighted by atomic mass is 16.1. The molecule has 1 aliphatic heterocycles. The highest BCUT2D eigenvalue weighted by Crippen LogP contribution is 2.31. The predicted octanol–water partition coefficient (Wildman–Crippen LogP) is 4.59. The summed E-state index contributed by atoms with van der Waals surface area (Å²) in [6.45, 7) is 9.86. The fourth-order valence-corrected chi connectivity index (χ4v) is 3.56. The summed E-state index contributed by atoms with van der Waals surface area (Å²) < 4.78 is 0. The maximum atomic E-state index is 12.3. The Balaban J connectivity index is 1.81. The molecule has 1 N–H and O–H groups in total. The molecular weight excluding hydrogens is 348 g/mol. The number of nitriles is 1. The van der Waals surface area contributed by atoms with Gasteiger partial charge in [0.05, 0.1) is 23.0 Å². The summed E-state index contributed by atoms with van der Waals surface area (Å²) in [5, 5.41) is 12.1. The summed E-state index contributed by atoms with van der Waals surface area (Å²) in [6.07, 6.45) is 2.40. The van der Waals surface area contributed by atoms with Crippen molar-refractivity contribution in [3.8, 4) is 6.07 Å². The Morgan fingerprint density at radius 2 is 2.11 bits per heavy atom. The van der Waals surface area contributed by atoms with Crippen LogP contribution in [0.15, 0.2) is 30.3 Å². The molecular formula is C23H28N4O. The second-order valence-electron chi connectivity index (χ2n) is 8.74. The van der Waals surface area contributed by atoms with Gasteiger partial charge < -0.3 is 10.2 Å². The second kappa shape index (κ2) is 8.02. The molecule has 2 aromatic rings. The monoisotopic (exact) mass is 376 g/mol. The van der Waals surface area contributed by atoms with E-state index in [4.69, 9.17) is 10.2 Å². The van der Waals surface area contributed by atoms with E-state index in [0.717, 1.165) is 48.4 Å². The molecule has 0 saturated heterocycles. The predicted molar refractivity (Wildman–Crippen MR) is 112 cm³/mol. The van der Waals surface area contributed by atoms with Crippen LogP contribution in [0.4, 0.5) is 11.5 Å². The van der Waals surface area contributed by atoms with Crippen molar-refractivity contribution in [3.63, 3.8) is 0 Å². The maximum Gasteiger partial charge on any atom is 0.226 e. The molecule has 1 amide bonds.